The summed E-state index contributed by atoms with van der Waals surface area (Å²) >= 11 is 0. The number of amides is 1. The van der Waals surface area contributed by atoms with Gasteiger partial charge in [0.25, 0.3) is 5.91 Å². The van der Waals surface area contributed by atoms with Gasteiger partial charge >= 0.3 is 0 Å². The Hall–Kier alpha value is -1.71. The molecule has 4 nitrogen and oxygen atoms in total. The Bertz CT molecular complexity index is 364. The second-order valence-corrected chi connectivity index (χ2v) is 3.44. The molecule has 16 heavy (non-hydrogen) atoms. The van der Waals surface area contributed by atoms with E-state index in [-0.39, 0.29) is 5.91 Å². The maximum absolute atomic E-state index is 11.6. The third-order valence-electron chi connectivity index (χ3n) is 2.11. The molecule has 88 valence electrons. The van der Waals surface area contributed by atoms with E-state index in [0.717, 1.165) is 6.42 Å². The molecule has 0 spiro atoms. The summed E-state index contributed by atoms with van der Waals surface area (Å²) in [4.78, 5) is 11.6. The van der Waals surface area contributed by atoms with Gasteiger partial charge in [0.1, 0.15) is 5.75 Å². The first-order valence-corrected chi connectivity index (χ1v) is 5.49. The van der Waals surface area contributed by atoms with E-state index >= 15 is 0 Å². The van der Waals surface area contributed by atoms with Crippen LogP contribution in [0.15, 0.2) is 18.2 Å². The van der Waals surface area contributed by atoms with Crippen molar-refractivity contribution in [2.45, 2.75) is 20.3 Å². The second kappa shape index (κ2) is 6.00. The van der Waals surface area contributed by atoms with Crippen LogP contribution in [0.25, 0.3) is 0 Å². The molecule has 1 aromatic carbocycles. The first kappa shape index (κ1) is 12.4. The third-order valence-corrected chi connectivity index (χ3v) is 2.11. The van der Waals surface area contributed by atoms with E-state index in [2.05, 4.69) is 5.32 Å². The maximum Gasteiger partial charge on any atom is 0.251 e. The Morgan fingerprint density at radius 3 is 2.75 bits per heavy atom. The van der Waals surface area contributed by atoms with Gasteiger partial charge in [-0.2, -0.15) is 0 Å². The molecule has 0 aliphatic carbocycles. The van der Waals surface area contributed by atoms with Gasteiger partial charge in [-0.15, -0.1) is 0 Å². The van der Waals surface area contributed by atoms with Crippen molar-refractivity contribution in [1.82, 2.24) is 5.32 Å². The Morgan fingerprint density at radius 2 is 2.19 bits per heavy atom. The van der Waals surface area contributed by atoms with Gasteiger partial charge in [-0.3, -0.25) is 4.79 Å². The predicted octanol–water partition coefficient (Wildman–Crippen LogP) is 1.81. The molecule has 0 aliphatic rings. The largest absolute Gasteiger partial charge is 0.492 e. The van der Waals surface area contributed by atoms with Crippen molar-refractivity contribution >= 4 is 11.6 Å². The standard InChI is InChI=1S/C12H18N2O2/c1-3-7-14-12(15)9-5-6-11(16-4-2)10(13)8-9/h5-6,8H,3-4,7,13H2,1-2H3,(H,14,15). The molecule has 1 rings (SSSR count). The number of benzene rings is 1. The summed E-state index contributed by atoms with van der Waals surface area (Å²) in [6.07, 6.45) is 0.915. The zero-order valence-electron chi connectivity index (χ0n) is 9.75. The lowest BCUT2D eigenvalue weighted by Gasteiger charge is -2.08. The minimum Gasteiger partial charge on any atom is -0.492 e. The number of nitrogens with one attached hydrogen (secondary N) is 1. The van der Waals surface area contributed by atoms with E-state index in [9.17, 15) is 4.79 Å². The third kappa shape index (κ3) is 3.15. The van der Waals surface area contributed by atoms with Crippen molar-refractivity contribution in [3.8, 4) is 5.75 Å². The number of ether oxygens (including phenoxy) is 1. The SMILES string of the molecule is CCCNC(=O)c1ccc(OCC)c(N)c1. The van der Waals surface area contributed by atoms with Crippen molar-refractivity contribution < 1.29 is 9.53 Å². The molecule has 0 saturated carbocycles. The molecule has 0 aliphatic heterocycles. The number of anilines is 1. The lowest BCUT2D eigenvalue weighted by Crippen LogP contribution is -2.24. The van der Waals surface area contributed by atoms with E-state index < -0.39 is 0 Å². The topological polar surface area (TPSA) is 64.3 Å². The molecule has 0 fully saturated rings. The molecule has 3 N–H and O–H groups in total. The van der Waals surface area contributed by atoms with Gasteiger partial charge < -0.3 is 15.8 Å². The van der Waals surface area contributed by atoms with Gasteiger partial charge in [0.15, 0.2) is 0 Å². The van der Waals surface area contributed by atoms with E-state index in [4.69, 9.17) is 10.5 Å². The summed E-state index contributed by atoms with van der Waals surface area (Å²) in [5.74, 6) is 0.520. The number of nitrogen functional groups attached to an aromatic ring is 1. The average molecular weight is 222 g/mol. The molecule has 0 radical (unpaired) electrons. The lowest BCUT2D eigenvalue weighted by molar-refractivity contribution is 0.0953. The highest BCUT2D eigenvalue weighted by Gasteiger charge is 2.07. The van der Waals surface area contributed by atoms with Crippen LogP contribution in [0.4, 0.5) is 5.69 Å². The van der Waals surface area contributed by atoms with Gasteiger partial charge in [-0.1, -0.05) is 6.92 Å². The van der Waals surface area contributed by atoms with E-state index in [0.29, 0.717) is 30.2 Å². The summed E-state index contributed by atoms with van der Waals surface area (Å²) in [5.41, 5.74) is 6.82. The van der Waals surface area contributed by atoms with Crippen molar-refractivity contribution in [3.05, 3.63) is 23.8 Å². The Morgan fingerprint density at radius 1 is 1.44 bits per heavy atom. The normalized spacial score (nSPS) is 9.88. The molecule has 0 aromatic heterocycles. The predicted molar refractivity (Wildman–Crippen MR) is 64.6 cm³/mol. The average Bonchev–Trinajstić information content (AvgIpc) is 2.29. The first-order chi connectivity index (χ1) is 7.69. The maximum atomic E-state index is 11.6. The number of nitrogens with two attached hydrogens (primary N) is 1. The van der Waals surface area contributed by atoms with Gasteiger partial charge in [0, 0.05) is 12.1 Å². The highest BCUT2D eigenvalue weighted by atomic mass is 16.5. The highest BCUT2D eigenvalue weighted by molar-refractivity contribution is 5.95. The first-order valence-electron chi connectivity index (χ1n) is 5.49. The van der Waals surface area contributed by atoms with Crippen LogP contribution in [0.5, 0.6) is 5.75 Å². The Balaban J connectivity index is 2.76. The molecule has 0 bridgehead atoms. The van der Waals surface area contributed by atoms with Crippen molar-refractivity contribution in [1.29, 1.82) is 0 Å². The van der Waals surface area contributed by atoms with E-state index in [1.54, 1.807) is 18.2 Å². The van der Waals surface area contributed by atoms with Crippen LogP contribution in [0.1, 0.15) is 30.6 Å². The highest BCUT2D eigenvalue weighted by Crippen LogP contribution is 2.22. The monoisotopic (exact) mass is 222 g/mol. The fourth-order valence-corrected chi connectivity index (χ4v) is 1.32. The van der Waals surface area contributed by atoms with Crippen LogP contribution < -0.4 is 15.8 Å². The van der Waals surface area contributed by atoms with Crippen molar-refractivity contribution in [2.75, 3.05) is 18.9 Å². The van der Waals surface area contributed by atoms with Crippen molar-refractivity contribution in [2.24, 2.45) is 0 Å². The molecular weight excluding hydrogens is 204 g/mol. The van der Waals surface area contributed by atoms with Crippen LogP contribution in [-0.2, 0) is 0 Å². The minimum absolute atomic E-state index is 0.100. The fourth-order valence-electron chi connectivity index (χ4n) is 1.32. The number of hydrogen-bond acceptors (Lipinski definition) is 3. The zero-order chi connectivity index (χ0) is 12.0. The van der Waals surface area contributed by atoms with Crippen molar-refractivity contribution in [3.63, 3.8) is 0 Å². The second-order valence-electron chi connectivity index (χ2n) is 3.44. The van der Waals surface area contributed by atoms with E-state index in [1.807, 2.05) is 13.8 Å². The molecular formula is C12H18N2O2. The number of carbonyl (C=O) groups excluding carboxylic acids is 1. The van der Waals surface area contributed by atoms with Crippen LogP contribution >= 0.6 is 0 Å². The Labute approximate surface area is 95.8 Å². The molecule has 0 saturated heterocycles. The Kier molecular flexibility index (Phi) is 4.64. The number of hydrogen-bond donors (Lipinski definition) is 2. The molecule has 1 amide bonds. The summed E-state index contributed by atoms with van der Waals surface area (Å²) < 4.78 is 5.30. The minimum atomic E-state index is -0.100. The van der Waals surface area contributed by atoms with E-state index in [1.165, 1.54) is 0 Å². The quantitative estimate of drug-likeness (QED) is 0.747. The molecule has 0 unspecified atom stereocenters. The zero-order valence-corrected chi connectivity index (χ0v) is 9.75. The van der Waals surface area contributed by atoms with Gasteiger partial charge in [-0.05, 0) is 31.5 Å². The molecule has 1 aromatic rings. The van der Waals surface area contributed by atoms with Crippen LogP contribution in [0, 0.1) is 0 Å². The van der Waals surface area contributed by atoms with Crippen LogP contribution in [0.3, 0.4) is 0 Å². The van der Waals surface area contributed by atoms with Gasteiger partial charge in [0.05, 0.1) is 12.3 Å². The van der Waals surface area contributed by atoms with Crippen LogP contribution in [0.2, 0.25) is 0 Å². The summed E-state index contributed by atoms with van der Waals surface area (Å²) in [6.45, 7) is 5.13. The number of carbonyl (C=O) groups is 1. The number of rotatable bonds is 5. The lowest BCUT2D eigenvalue weighted by atomic mass is 10.1. The van der Waals surface area contributed by atoms with Gasteiger partial charge in [0.2, 0.25) is 0 Å². The molecule has 0 heterocycles. The van der Waals surface area contributed by atoms with Gasteiger partial charge in [-0.25, -0.2) is 0 Å². The fraction of sp³-hybridized carbons (Fsp3) is 0.417. The summed E-state index contributed by atoms with van der Waals surface area (Å²) in [7, 11) is 0. The van der Waals surface area contributed by atoms with Crippen LogP contribution in [-0.4, -0.2) is 19.1 Å². The summed E-state index contributed by atoms with van der Waals surface area (Å²) in [5, 5.41) is 2.79. The molecule has 0 atom stereocenters. The molecule has 4 heteroatoms. The summed E-state index contributed by atoms with van der Waals surface area (Å²) in [6, 6.07) is 5.07. The smallest absolute Gasteiger partial charge is 0.251 e.